The van der Waals surface area contributed by atoms with E-state index in [1.165, 1.54) is 13.3 Å². The second-order valence-electron chi connectivity index (χ2n) is 8.90. The Morgan fingerprint density at radius 1 is 0.724 bits per heavy atom. The van der Waals surface area contributed by atoms with Gasteiger partial charge in [0.1, 0.15) is 18.3 Å². The first-order valence-corrected chi connectivity index (χ1v) is 10.9. The zero-order valence-corrected chi connectivity index (χ0v) is 16.8. The summed E-state index contributed by atoms with van der Waals surface area (Å²) in [6.45, 7) is 1.33. The summed E-state index contributed by atoms with van der Waals surface area (Å²) in [6.07, 6.45) is 6.57. The van der Waals surface area contributed by atoms with Crippen molar-refractivity contribution in [3.8, 4) is 0 Å². The molecule has 2 N–H and O–H groups in total. The van der Waals surface area contributed by atoms with E-state index in [4.69, 9.17) is 23.7 Å². The van der Waals surface area contributed by atoms with Crippen molar-refractivity contribution in [2.24, 2.45) is 0 Å². The molecule has 5 fully saturated rings. The third-order valence-corrected chi connectivity index (χ3v) is 6.73. The SMILES string of the molecule is CC(=O)NNC(=O)[C@@H]1O[C@@H]2OC3(CCCCC3)O[C@@H]2[C@H]2OC3(CCCCC3)O[C@H]21. The van der Waals surface area contributed by atoms with Crippen LogP contribution in [0.4, 0.5) is 0 Å². The van der Waals surface area contributed by atoms with Gasteiger partial charge in [0.25, 0.3) is 5.91 Å². The standard InChI is InChI=1S/C20H30N2O7/c1-12(23)21-22-17(24)15-13-14(27-19(26-13)8-4-2-5-9-19)16-18(25-15)29-20(28-16)10-6-3-7-11-20/h13-16,18H,2-11H2,1H3,(H,21,23)(H,22,24)/t13-,14+,15-,16-,18-/m1/s1. The number of nitrogens with one attached hydrogen (secondary N) is 2. The van der Waals surface area contributed by atoms with Crippen LogP contribution in [0.1, 0.15) is 71.1 Å². The predicted octanol–water partition coefficient (Wildman–Crippen LogP) is 1.40. The fourth-order valence-electron chi connectivity index (χ4n) is 5.39. The molecule has 5 rings (SSSR count). The maximum Gasteiger partial charge on any atom is 0.270 e. The van der Waals surface area contributed by atoms with E-state index in [2.05, 4.69) is 10.9 Å². The molecule has 2 saturated carbocycles. The average Bonchev–Trinajstić information content (AvgIpc) is 3.24. The van der Waals surface area contributed by atoms with Gasteiger partial charge in [0.15, 0.2) is 24.0 Å². The summed E-state index contributed by atoms with van der Waals surface area (Å²) in [5.74, 6) is -2.19. The fourth-order valence-corrected chi connectivity index (χ4v) is 5.39. The molecule has 0 aromatic heterocycles. The molecular weight excluding hydrogens is 380 g/mol. The Labute approximate surface area is 170 Å². The van der Waals surface area contributed by atoms with E-state index in [1.54, 1.807) is 0 Å². The monoisotopic (exact) mass is 410 g/mol. The lowest BCUT2D eigenvalue weighted by atomic mass is 9.94. The number of hydrogen-bond acceptors (Lipinski definition) is 7. The van der Waals surface area contributed by atoms with Crippen molar-refractivity contribution in [2.75, 3.05) is 0 Å². The van der Waals surface area contributed by atoms with E-state index < -0.39 is 48.2 Å². The predicted molar refractivity (Wildman–Crippen MR) is 98.0 cm³/mol. The number of hydrogen-bond donors (Lipinski definition) is 2. The van der Waals surface area contributed by atoms with Gasteiger partial charge in [-0.1, -0.05) is 12.8 Å². The molecule has 0 aromatic carbocycles. The van der Waals surface area contributed by atoms with Crippen LogP contribution in [-0.4, -0.2) is 54.1 Å². The van der Waals surface area contributed by atoms with Crippen LogP contribution in [0, 0.1) is 0 Å². The summed E-state index contributed by atoms with van der Waals surface area (Å²) >= 11 is 0. The summed E-state index contributed by atoms with van der Waals surface area (Å²) in [4.78, 5) is 24.0. The van der Waals surface area contributed by atoms with E-state index in [0.717, 1.165) is 57.8 Å². The van der Waals surface area contributed by atoms with E-state index >= 15 is 0 Å². The molecule has 2 amide bonds. The Kier molecular flexibility index (Phi) is 5.06. The van der Waals surface area contributed by atoms with E-state index in [1.807, 2.05) is 0 Å². The lowest BCUT2D eigenvalue weighted by molar-refractivity contribution is -0.247. The number of hydrazine groups is 1. The van der Waals surface area contributed by atoms with Gasteiger partial charge in [-0.15, -0.1) is 0 Å². The highest BCUT2D eigenvalue weighted by Crippen LogP contribution is 2.50. The van der Waals surface area contributed by atoms with Crippen molar-refractivity contribution in [3.63, 3.8) is 0 Å². The first-order valence-electron chi connectivity index (χ1n) is 10.9. The topological polar surface area (TPSA) is 104 Å². The average molecular weight is 410 g/mol. The summed E-state index contributed by atoms with van der Waals surface area (Å²) in [5, 5.41) is 0. The summed E-state index contributed by atoms with van der Waals surface area (Å²) in [6, 6.07) is 0. The first-order chi connectivity index (χ1) is 14.0. The van der Waals surface area contributed by atoms with Gasteiger partial charge in [-0.05, 0) is 25.7 Å². The number of carbonyl (C=O) groups excluding carboxylic acids is 2. The molecular formula is C20H30N2O7. The van der Waals surface area contributed by atoms with Gasteiger partial charge in [-0.2, -0.15) is 0 Å². The molecule has 0 bridgehead atoms. The highest BCUT2D eigenvalue weighted by Gasteiger charge is 2.65. The molecule has 3 saturated heterocycles. The van der Waals surface area contributed by atoms with Crippen molar-refractivity contribution in [1.29, 1.82) is 0 Å². The molecule has 2 aliphatic carbocycles. The molecule has 3 aliphatic heterocycles. The Balaban J connectivity index is 1.39. The van der Waals surface area contributed by atoms with Crippen LogP contribution in [0.3, 0.4) is 0 Å². The van der Waals surface area contributed by atoms with Gasteiger partial charge in [0, 0.05) is 32.6 Å². The third kappa shape index (κ3) is 3.57. The number of rotatable bonds is 1. The number of amides is 2. The third-order valence-electron chi connectivity index (χ3n) is 6.73. The molecule has 29 heavy (non-hydrogen) atoms. The van der Waals surface area contributed by atoms with Gasteiger partial charge in [0.2, 0.25) is 5.91 Å². The van der Waals surface area contributed by atoms with Crippen molar-refractivity contribution < 1.29 is 33.3 Å². The Bertz CT molecular complexity index is 659. The smallest absolute Gasteiger partial charge is 0.270 e. The molecule has 2 spiro atoms. The van der Waals surface area contributed by atoms with Gasteiger partial charge in [0.05, 0.1) is 0 Å². The summed E-state index contributed by atoms with van der Waals surface area (Å²) in [7, 11) is 0. The molecule has 0 aromatic rings. The van der Waals surface area contributed by atoms with Crippen LogP contribution in [0.25, 0.3) is 0 Å². The van der Waals surface area contributed by atoms with Crippen LogP contribution < -0.4 is 10.9 Å². The second kappa shape index (κ2) is 7.46. The highest BCUT2D eigenvalue weighted by atomic mass is 16.9. The molecule has 0 unspecified atom stereocenters. The summed E-state index contributed by atoms with van der Waals surface area (Å²) in [5.41, 5.74) is 4.73. The quantitative estimate of drug-likeness (QED) is 0.630. The van der Waals surface area contributed by atoms with Crippen LogP contribution in [0.2, 0.25) is 0 Å². The maximum atomic E-state index is 12.8. The lowest BCUT2D eigenvalue weighted by Crippen LogP contribution is -2.61. The van der Waals surface area contributed by atoms with Gasteiger partial charge < -0.3 is 23.7 Å². The van der Waals surface area contributed by atoms with Crippen molar-refractivity contribution in [2.45, 2.75) is 113 Å². The van der Waals surface area contributed by atoms with Crippen LogP contribution >= 0.6 is 0 Å². The lowest BCUT2D eigenvalue weighted by Gasteiger charge is -2.36. The van der Waals surface area contributed by atoms with Gasteiger partial charge in [-0.25, -0.2) is 0 Å². The molecule has 0 radical (unpaired) electrons. The molecule has 9 nitrogen and oxygen atoms in total. The van der Waals surface area contributed by atoms with E-state index in [-0.39, 0.29) is 5.91 Å². The zero-order valence-electron chi connectivity index (χ0n) is 16.8. The minimum Gasteiger partial charge on any atom is -0.341 e. The Hall–Kier alpha value is -1.26. The largest absolute Gasteiger partial charge is 0.341 e. The van der Waals surface area contributed by atoms with Crippen molar-refractivity contribution in [3.05, 3.63) is 0 Å². The van der Waals surface area contributed by atoms with Crippen LogP contribution in [-0.2, 0) is 33.3 Å². The van der Waals surface area contributed by atoms with Crippen LogP contribution in [0.5, 0.6) is 0 Å². The molecule has 3 heterocycles. The van der Waals surface area contributed by atoms with Gasteiger partial charge >= 0.3 is 0 Å². The fraction of sp³-hybridized carbons (Fsp3) is 0.900. The van der Waals surface area contributed by atoms with Crippen molar-refractivity contribution in [1.82, 2.24) is 10.9 Å². The number of carbonyl (C=O) groups is 2. The minimum absolute atomic E-state index is 0.363. The summed E-state index contributed by atoms with van der Waals surface area (Å²) < 4.78 is 31.6. The second-order valence-corrected chi connectivity index (χ2v) is 8.90. The van der Waals surface area contributed by atoms with Crippen LogP contribution in [0.15, 0.2) is 0 Å². The minimum atomic E-state index is -0.947. The number of fused-ring (bicyclic) bond motifs is 3. The molecule has 9 heteroatoms. The Morgan fingerprint density at radius 2 is 1.28 bits per heavy atom. The van der Waals surface area contributed by atoms with E-state index in [0.29, 0.717) is 0 Å². The normalized spacial score (nSPS) is 39.7. The maximum absolute atomic E-state index is 12.8. The molecule has 5 atom stereocenters. The highest BCUT2D eigenvalue weighted by molar-refractivity contribution is 5.84. The Morgan fingerprint density at radius 3 is 1.90 bits per heavy atom. The van der Waals surface area contributed by atoms with Crippen molar-refractivity contribution >= 4 is 11.8 Å². The van der Waals surface area contributed by atoms with E-state index in [9.17, 15) is 9.59 Å². The van der Waals surface area contributed by atoms with Gasteiger partial charge in [-0.3, -0.25) is 20.4 Å². The molecule has 162 valence electrons. The zero-order chi connectivity index (χ0) is 20.1. The number of ether oxygens (including phenoxy) is 5. The molecule has 5 aliphatic rings. The first kappa shape index (κ1) is 19.7.